The van der Waals surface area contributed by atoms with Crippen LogP contribution < -0.4 is 4.74 Å². The molecule has 1 aromatic carbocycles. The van der Waals surface area contributed by atoms with Gasteiger partial charge in [0, 0.05) is 55.0 Å². The van der Waals surface area contributed by atoms with Crippen molar-refractivity contribution in [2.24, 2.45) is 0 Å². The number of likely N-dealkylation sites (N-methyl/N-ethyl adjacent to an activating group) is 1. The fourth-order valence-corrected chi connectivity index (χ4v) is 5.44. The molecule has 2 aromatic heterocycles. The van der Waals surface area contributed by atoms with E-state index in [1.165, 1.54) is 5.56 Å². The molecule has 9 heteroatoms. The van der Waals surface area contributed by atoms with E-state index in [1.807, 2.05) is 23.1 Å². The van der Waals surface area contributed by atoms with Crippen molar-refractivity contribution >= 4 is 17.2 Å². The highest BCUT2D eigenvalue weighted by atomic mass is 32.1. The summed E-state index contributed by atoms with van der Waals surface area (Å²) >= 11 is 1.61. The van der Waals surface area contributed by atoms with Gasteiger partial charge < -0.3 is 19.6 Å². The van der Waals surface area contributed by atoms with Crippen molar-refractivity contribution in [1.82, 2.24) is 25.0 Å². The third kappa shape index (κ3) is 4.66. The molecule has 2 aliphatic heterocycles. The van der Waals surface area contributed by atoms with Crippen molar-refractivity contribution in [2.75, 3.05) is 39.8 Å². The van der Waals surface area contributed by atoms with Crippen LogP contribution in [-0.4, -0.2) is 81.4 Å². The molecule has 1 amide bonds. The van der Waals surface area contributed by atoms with Crippen LogP contribution in [0.4, 0.5) is 0 Å². The summed E-state index contributed by atoms with van der Waals surface area (Å²) in [6.07, 6.45) is 1.18. The first kappa shape index (κ1) is 22.1. The smallest absolute Gasteiger partial charge is 0.253 e. The Balaban J connectivity index is 1.46. The number of benzene rings is 1. The molecule has 3 aromatic rings. The number of carbonyl (C=O) groups is 1. The van der Waals surface area contributed by atoms with Gasteiger partial charge in [0.05, 0.1) is 17.1 Å². The van der Waals surface area contributed by atoms with E-state index >= 15 is 0 Å². The van der Waals surface area contributed by atoms with Crippen LogP contribution in [0, 0.1) is 0 Å². The van der Waals surface area contributed by atoms with E-state index in [1.54, 1.807) is 25.2 Å². The summed E-state index contributed by atoms with van der Waals surface area (Å²) in [6, 6.07) is 7.88. The fourth-order valence-electron chi connectivity index (χ4n) is 4.28. The van der Waals surface area contributed by atoms with Crippen molar-refractivity contribution in [3.63, 3.8) is 0 Å². The summed E-state index contributed by atoms with van der Waals surface area (Å²) in [5.41, 5.74) is 1.96. The zero-order chi connectivity index (χ0) is 23.2. The van der Waals surface area contributed by atoms with Gasteiger partial charge in [0.2, 0.25) is 0 Å². The average Bonchev–Trinajstić information content (AvgIpc) is 3.36. The molecule has 0 spiro atoms. The lowest BCUT2D eigenvalue weighted by molar-refractivity contribution is 0.0663. The van der Waals surface area contributed by atoms with E-state index in [9.17, 15) is 9.90 Å². The number of nitrogens with zero attached hydrogens (tertiary/aromatic N) is 4. The van der Waals surface area contributed by atoms with E-state index in [-0.39, 0.29) is 5.91 Å². The van der Waals surface area contributed by atoms with Crippen LogP contribution in [0.3, 0.4) is 0 Å². The number of ether oxygens (including phenoxy) is 1. The molecule has 0 bridgehead atoms. The van der Waals surface area contributed by atoms with Crippen LogP contribution in [0.15, 0.2) is 24.3 Å². The van der Waals surface area contributed by atoms with Gasteiger partial charge in [-0.3, -0.25) is 9.89 Å². The summed E-state index contributed by atoms with van der Waals surface area (Å²) < 4.78 is 6.00. The molecule has 0 atom stereocenters. The Labute approximate surface area is 197 Å². The molecule has 1 fully saturated rings. The van der Waals surface area contributed by atoms with Gasteiger partial charge >= 0.3 is 0 Å². The second-order valence-corrected chi connectivity index (χ2v) is 10.5. The number of nitrogens with one attached hydrogen (secondary N) is 1. The molecule has 2 N–H and O–H groups in total. The molecule has 2 aliphatic rings. The van der Waals surface area contributed by atoms with Crippen LogP contribution >= 0.6 is 11.3 Å². The summed E-state index contributed by atoms with van der Waals surface area (Å²) in [4.78, 5) is 24.0. The SMILES string of the molecule is CN1CCN(C(=O)c2ccc3c(c2)-c2sc(-c4n[nH]c(CC(C)(C)O)n4)cc2CCO3)CC1. The molecule has 0 aliphatic carbocycles. The van der Waals surface area contributed by atoms with Gasteiger partial charge in [-0.25, -0.2) is 4.98 Å². The molecular weight excluding hydrogens is 438 g/mol. The lowest BCUT2D eigenvalue weighted by atomic mass is 10.0. The zero-order valence-corrected chi connectivity index (χ0v) is 20.0. The minimum atomic E-state index is -0.855. The minimum Gasteiger partial charge on any atom is -0.493 e. The number of carbonyl (C=O) groups excluding carboxylic acids is 1. The van der Waals surface area contributed by atoms with Crippen LogP contribution in [-0.2, 0) is 12.8 Å². The lowest BCUT2D eigenvalue weighted by Gasteiger charge is -2.32. The van der Waals surface area contributed by atoms with Crippen LogP contribution in [0.2, 0.25) is 0 Å². The third-order valence-corrected chi connectivity index (χ3v) is 7.26. The molecule has 8 nitrogen and oxygen atoms in total. The van der Waals surface area contributed by atoms with Crippen molar-refractivity contribution in [3.8, 4) is 26.9 Å². The first-order chi connectivity index (χ1) is 15.8. The first-order valence-electron chi connectivity index (χ1n) is 11.3. The van der Waals surface area contributed by atoms with E-state index < -0.39 is 5.60 Å². The zero-order valence-electron chi connectivity index (χ0n) is 19.2. The summed E-state index contributed by atoms with van der Waals surface area (Å²) in [6.45, 7) is 7.36. The number of aromatic nitrogens is 3. The summed E-state index contributed by atoms with van der Waals surface area (Å²) in [5.74, 6) is 2.15. The first-order valence-corrected chi connectivity index (χ1v) is 12.1. The monoisotopic (exact) mass is 467 g/mol. The standard InChI is InChI=1S/C24H29N5O3S/c1-24(2,31)14-20-25-22(27-26-20)19-13-15-6-11-32-18-5-4-16(12-17(18)21(15)33-19)23(30)29-9-7-28(3)8-10-29/h4-5,12-13,31H,6-11,14H2,1-3H3,(H,25,26,27). The molecule has 0 radical (unpaired) electrons. The number of fused-ring (bicyclic) bond motifs is 3. The topological polar surface area (TPSA) is 94.6 Å². The van der Waals surface area contributed by atoms with E-state index in [0.717, 1.165) is 53.7 Å². The van der Waals surface area contributed by atoms with Crippen LogP contribution in [0.25, 0.3) is 21.1 Å². The molecule has 33 heavy (non-hydrogen) atoms. The Kier molecular flexibility index (Phi) is 5.72. The second kappa shape index (κ2) is 8.55. The average molecular weight is 468 g/mol. The Bertz CT molecular complexity index is 1170. The van der Waals surface area contributed by atoms with Gasteiger partial charge in [0.25, 0.3) is 5.91 Å². The highest BCUT2D eigenvalue weighted by Crippen LogP contribution is 2.43. The molecular formula is C24H29N5O3S. The van der Waals surface area contributed by atoms with Gasteiger partial charge in [-0.1, -0.05) is 0 Å². The molecule has 1 saturated heterocycles. The van der Waals surface area contributed by atoms with E-state index in [2.05, 4.69) is 33.2 Å². The Hall–Kier alpha value is -2.75. The number of amides is 1. The van der Waals surface area contributed by atoms with Crippen molar-refractivity contribution < 1.29 is 14.6 Å². The number of thiophene rings is 1. The molecule has 5 rings (SSSR count). The highest BCUT2D eigenvalue weighted by molar-refractivity contribution is 7.19. The maximum atomic E-state index is 13.2. The molecule has 0 saturated carbocycles. The van der Waals surface area contributed by atoms with Crippen LogP contribution in [0.5, 0.6) is 5.75 Å². The molecule has 174 valence electrons. The number of H-pyrrole nitrogens is 1. The van der Waals surface area contributed by atoms with Gasteiger partial charge in [0.1, 0.15) is 11.6 Å². The van der Waals surface area contributed by atoms with Gasteiger partial charge in [0.15, 0.2) is 5.82 Å². The lowest BCUT2D eigenvalue weighted by Crippen LogP contribution is -2.47. The Morgan fingerprint density at radius 3 is 2.79 bits per heavy atom. The minimum absolute atomic E-state index is 0.0682. The Morgan fingerprint density at radius 1 is 1.24 bits per heavy atom. The Morgan fingerprint density at radius 2 is 2.03 bits per heavy atom. The van der Waals surface area contributed by atoms with Crippen molar-refractivity contribution in [2.45, 2.75) is 32.3 Å². The van der Waals surface area contributed by atoms with E-state index in [4.69, 9.17) is 4.74 Å². The predicted octanol–water partition coefficient (Wildman–Crippen LogP) is 2.84. The number of aliphatic hydroxyl groups is 1. The fraction of sp³-hybridized carbons (Fsp3) is 0.458. The second-order valence-electron chi connectivity index (χ2n) is 9.46. The predicted molar refractivity (Wildman–Crippen MR) is 128 cm³/mol. The van der Waals surface area contributed by atoms with Crippen molar-refractivity contribution in [3.05, 3.63) is 41.2 Å². The maximum absolute atomic E-state index is 13.2. The number of hydrogen-bond donors (Lipinski definition) is 2. The van der Waals surface area contributed by atoms with Gasteiger partial charge in [-0.15, -0.1) is 11.3 Å². The van der Waals surface area contributed by atoms with Crippen LogP contribution in [0.1, 0.15) is 35.6 Å². The molecule has 4 heterocycles. The largest absolute Gasteiger partial charge is 0.493 e. The highest BCUT2D eigenvalue weighted by Gasteiger charge is 2.25. The van der Waals surface area contributed by atoms with Gasteiger partial charge in [-0.05, 0) is 50.7 Å². The number of piperazine rings is 1. The number of rotatable bonds is 4. The molecule has 0 unspecified atom stereocenters. The summed E-state index contributed by atoms with van der Waals surface area (Å²) in [7, 11) is 2.08. The normalized spacial score (nSPS) is 16.7. The summed E-state index contributed by atoms with van der Waals surface area (Å²) in [5, 5.41) is 17.4. The maximum Gasteiger partial charge on any atom is 0.253 e. The number of hydrogen-bond acceptors (Lipinski definition) is 7. The third-order valence-electron chi connectivity index (χ3n) is 6.05. The van der Waals surface area contributed by atoms with Crippen molar-refractivity contribution in [1.29, 1.82) is 0 Å². The quantitative estimate of drug-likeness (QED) is 0.613. The van der Waals surface area contributed by atoms with E-state index in [0.29, 0.717) is 30.2 Å². The number of aromatic amines is 1. The van der Waals surface area contributed by atoms with Gasteiger partial charge in [-0.2, -0.15) is 5.10 Å².